The highest BCUT2D eigenvalue weighted by atomic mass is 16.5. The second-order valence-electron chi connectivity index (χ2n) is 2.42. The van der Waals surface area contributed by atoms with E-state index in [4.69, 9.17) is 4.74 Å². The van der Waals surface area contributed by atoms with Gasteiger partial charge in [0.1, 0.15) is 0 Å². The number of rotatable bonds is 1. The maximum atomic E-state index is 11.2. The first-order chi connectivity index (χ1) is 5.16. The number of ether oxygens (including phenoxy) is 1. The summed E-state index contributed by atoms with van der Waals surface area (Å²) in [4.78, 5) is 0. The molecule has 0 aromatic carbocycles. The molecule has 3 heteroatoms. The third-order valence-electron chi connectivity index (χ3n) is 1.68. The summed E-state index contributed by atoms with van der Waals surface area (Å²) in [6.45, 7) is 3.50. The Kier molecular flexibility index (Phi) is 1.98. The van der Waals surface area contributed by atoms with Gasteiger partial charge < -0.3 is 9.94 Å². The molecule has 0 bridgehead atoms. The minimum Gasteiger partial charge on any atom is -0.618 e. The van der Waals surface area contributed by atoms with Gasteiger partial charge in [-0.3, -0.25) is 0 Å². The summed E-state index contributed by atoms with van der Waals surface area (Å²) in [5, 5.41) is 11.2. The van der Waals surface area contributed by atoms with Crippen LogP contribution in [0.15, 0.2) is 12.1 Å². The fourth-order valence-corrected chi connectivity index (χ4v) is 0.965. The number of methoxy groups -OCH3 is 1. The molecule has 1 aromatic heterocycles. The Hall–Kier alpha value is -1.25. The summed E-state index contributed by atoms with van der Waals surface area (Å²) < 4.78 is 5.82. The summed E-state index contributed by atoms with van der Waals surface area (Å²) in [5.74, 6) is 0.630. The molecule has 1 aromatic rings. The van der Waals surface area contributed by atoms with Crippen LogP contribution < -0.4 is 9.47 Å². The van der Waals surface area contributed by atoms with E-state index < -0.39 is 0 Å². The van der Waals surface area contributed by atoms with Crippen LogP contribution in [0.3, 0.4) is 0 Å². The number of aryl methyl sites for hydroxylation is 1. The summed E-state index contributed by atoms with van der Waals surface area (Å²) >= 11 is 0. The molecule has 0 radical (unpaired) electrons. The molecule has 60 valence electrons. The topological polar surface area (TPSA) is 36.2 Å². The van der Waals surface area contributed by atoms with E-state index >= 15 is 0 Å². The van der Waals surface area contributed by atoms with Crippen molar-refractivity contribution in [2.75, 3.05) is 7.11 Å². The number of aromatic nitrogens is 1. The fourth-order valence-electron chi connectivity index (χ4n) is 0.965. The van der Waals surface area contributed by atoms with E-state index in [1.165, 1.54) is 0 Å². The van der Waals surface area contributed by atoms with Crippen LogP contribution in [-0.4, -0.2) is 7.11 Å². The number of pyridine rings is 1. The molecule has 1 heterocycles. The maximum absolute atomic E-state index is 11.2. The Balaban J connectivity index is 3.25. The Morgan fingerprint density at radius 2 is 2.00 bits per heavy atom. The number of hydrogen-bond acceptors (Lipinski definition) is 2. The molecule has 0 saturated heterocycles. The molecule has 0 aliphatic carbocycles. The Bertz CT molecular complexity index is 271. The lowest BCUT2D eigenvalue weighted by Crippen LogP contribution is -2.33. The van der Waals surface area contributed by atoms with Crippen molar-refractivity contribution in [3.63, 3.8) is 0 Å². The zero-order valence-corrected chi connectivity index (χ0v) is 6.92. The van der Waals surface area contributed by atoms with Gasteiger partial charge in [-0.25, -0.2) is 0 Å². The van der Waals surface area contributed by atoms with Gasteiger partial charge in [0.2, 0.25) is 5.69 Å². The van der Waals surface area contributed by atoms with E-state index in [2.05, 4.69) is 0 Å². The van der Waals surface area contributed by atoms with Gasteiger partial charge in [-0.2, -0.15) is 4.73 Å². The third kappa shape index (κ3) is 1.27. The Labute approximate surface area is 65.8 Å². The maximum Gasteiger partial charge on any atom is 0.231 e. The first kappa shape index (κ1) is 7.85. The first-order valence-corrected chi connectivity index (χ1v) is 3.40. The standard InChI is InChI=1S/C8H11NO2/c1-6-4-5-8(11-3)7(2)9(6)10/h4-5H,1-3H3. The molecule has 0 amide bonds. The van der Waals surface area contributed by atoms with Gasteiger partial charge in [-0.1, -0.05) is 0 Å². The predicted molar refractivity (Wildman–Crippen MR) is 41.4 cm³/mol. The highest BCUT2D eigenvalue weighted by Crippen LogP contribution is 2.12. The van der Waals surface area contributed by atoms with Gasteiger partial charge in [0, 0.05) is 19.9 Å². The van der Waals surface area contributed by atoms with Crippen molar-refractivity contribution in [1.82, 2.24) is 0 Å². The third-order valence-corrected chi connectivity index (χ3v) is 1.68. The van der Waals surface area contributed by atoms with Gasteiger partial charge >= 0.3 is 0 Å². The first-order valence-electron chi connectivity index (χ1n) is 3.40. The van der Waals surface area contributed by atoms with E-state index in [9.17, 15) is 5.21 Å². The lowest BCUT2D eigenvalue weighted by atomic mass is 10.3. The molecule has 0 N–H and O–H groups in total. The van der Waals surface area contributed by atoms with Crippen LogP contribution in [0.5, 0.6) is 5.75 Å². The fraction of sp³-hybridized carbons (Fsp3) is 0.375. The van der Waals surface area contributed by atoms with Crippen molar-refractivity contribution < 1.29 is 9.47 Å². The highest BCUT2D eigenvalue weighted by Gasteiger charge is 2.08. The average Bonchev–Trinajstić information content (AvgIpc) is 2.01. The van der Waals surface area contributed by atoms with Crippen LogP contribution in [-0.2, 0) is 0 Å². The summed E-state index contributed by atoms with van der Waals surface area (Å²) in [6.07, 6.45) is 0. The van der Waals surface area contributed by atoms with Crippen LogP contribution in [0.25, 0.3) is 0 Å². The van der Waals surface area contributed by atoms with E-state index in [1.807, 2.05) is 0 Å². The Morgan fingerprint density at radius 1 is 1.36 bits per heavy atom. The predicted octanol–water partition coefficient (Wildman–Crippen LogP) is 0.945. The minimum absolute atomic E-state index is 0.604. The molecule has 11 heavy (non-hydrogen) atoms. The van der Waals surface area contributed by atoms with Crippen molar-refractivity contribution in [2.24, 2.45) is 0 Å². The minimum atomic E-state index is 0.604. The normalized spacial score (nSPS) is 9.73. The molecule has 0 aliphatic heterocycles. The summed E-state index contributed by atoms with van der Waals surface area (Å²) in [7, 11) is 1.55. The van der Waals surface area contributed by atoms with Gasteiger partial charge in [-0.05, 0) is 6.07 Å². The van der Waals surface area contributed by atoms with E-state index in [-0.39, 0.29) is 0 Å². The molecule has 0 aliphatic rings. The van der Waals surface area contributed by atoms with E-state index in [0.717, 1.165) is 4.73 Å². The van der Waals surface area contributed by atoms with Crippen LogP contribution in [0.2, 0.25) is 0 Å². The molecule has 3 nitrogen and oxygen atoms in total. The number of hydrogen-bond donors (Lipinski definition) is 0. The van der Waals surface area contributed by atoms with Crippen molar-refractivity contribution in [3.05, 3.63) is 28.7 Å². The smallest absolute Gasteiger partial charge is 0.231 e. The molecular weight excluding hydrogens is 142 g/mol. The molecule has 0 atom stereocenters. The van der Waals surface area contributed by atoms with Crippen LogP contribution in [0, 0.1) is 19.1 Å². The lowest BCUT2D eigenvalue weighted by molar-refractivity contribution is -0.619. The largest absolute Gasteiger partial charge is 0.618 e. The van der Waals surface area contributed by atoms with Crippen LogP contribution in [0.1, 0.15) is 11.4 Å². The van der Waals surface area contributed by atoms with Gasteiger partial charge in [0.15, 0.2) is 11.4 Å². The van der Waals surface area contributed by atoms with Crippen LogP contribution in [0.4, 0.5) is 0 Å². The zero-order chi connectivity index (χ0) is 8.43. The molecule has 0 unspecified atom stereocenters. The quantitative estimate of drug-likeness (QED) is 0.444. The van der Waals surface area contributed by atoms with Crippen LogP contribution >= 0.6 is 0 Å². The zero-order valence-electron chi connectivity index (χ0n) is 6.92. The molecule has 0 fully saturated rings. The second kappa shape index (κ2) is 2.78. The van der Waals surface area contributed by atoms with Crippen molar-refractivity contribution in [2.45, 2.75) is 13.8 Å². The van der Waals surface area contributed by atoms with Crippen molar-refractivity contribution in [1.29, 1.82) is 0 Å². The molecular formula is C8H11NO2. The second-order valence-corrected chi connectivity index (χ2v) is 2.42. The van der Waals surface area contributed by atoms with Crippen molar-refractivity contribution >= 4 is 0 Å². The summed E-state index contributed by atoms with van der Waals surface area (Å²) in [5.41, 5.74) is 1.29. The highest BCUT2D eigenvalue weighted by molar-refractivity contribution is 5.23. The molecule has 0 saturated carbocycles. The lowest BCUT2D eigenvalue weighted by Gasteiger charge is -2.06. The average molecular weight is 153 g/mol. The van der Waals surface area contributed by atoms with E-state index in [0.29, 0.717) is 17.1 Å². The van der Waals surface area contributed by atoms with Crippen molar-refractivity contribution in [3.8, 4) is 5.75 Å². The SMILES string of the molecule is COc1ccc(C)[n+]([O-])c1C. The number of nitrogens with zero attached hydrogens (tertiary/aromatic N) is 1. The summed E-state index contributed by atoms with van der Waals surface area (Å²) in [6, 6.07) is 3.53. The van der Waals surface area contributed by atoms with Gasteiger partial charge in [0.05, 0.1) is 7.11 Å². The molecule has 0 spiro atoms. The molecule has 1 rings (SSSR count). The van der Waals surface area contributed by atoms with Gasteiger partial charge in [-0.15, -0.1) is 0 Å². The Morgan fingerprint density at radius 3 is 2.55 bits per heavy atom. The monoisotopic (exact) mass is 153 g/mol. The van der Waals surface area contributed by atoms with E-state index in [1.54, 1.807) is 33.1 Å². The van der Waals surface area contributed by atoms with Gasteiger partial charge in [0.25, 0.3) is 0 Å².